The molecule has 0 unspecified atom stereocenters. The zero-order chi connectivity index (χ0) is 14.2. The Morgan fingerprint density at radius 2 is 1.90 bits per heavy atom. The van der Waals surface area contributed by atoms with E-state index in [-0.39, 0.29) is 36.0 Å². The van der Waals surface area contributed by atoms with Crippen molar-refractivity contribution in [3.63, 3.8) is 0 Å². The molecular formula is C15H18N3NaO2. The van der Waals surface area contributed by atoms with Crippen LogP contribution in [0.3, 0.4) is 0 Å². The summed E-state index contributed by atoms with van der Waals surface area (Å²) in [4.78, 5) is 10.3. The van der Waals surface area contributed by atoms with Gasteiger partial charge in [0.05, 0.1) is 5.69 Å². The van der Waals surface area contributed by atoms with Crippen LogP contribution >= 0.6 is 0 Å². The number of carbonyl (C=O) groups is 1. The fourth-order valence-electron chi connectivity index (χ4n) is 2.05. The predicted molar refractivity (Wildman–Crippen MR) is 72.7 cm³/mol. The second kappa shape index (κ2) is 9.71. The number of aryl methyl sites for hydroxylation is 1. The average Bonchev–Trinajstić information content (AvgIpc) is 2.87. The topological polar surface area (TPSA) is 70.8 Å². The molecule has 2 rings (SSSR count). The van der Waals surface area contributed by atoms with Crippen molar-refractivity contribution in [3.05, 3.63) is 47.8 Å². The van der Waals surface area contributed by atoms with Crippen LogP contribution in [-0.2, 0) is 17.8 Å². The summed E-state index contributed by atoms with van der Waals surface area (Å²) >= 11 is 0. The summed E-state index contributed by atoms with van der Waals surface area (Å²) in [6.45, 7) is 0.773. The number of nitrogens with zero attached hydrogens (tertiary/aromatic N) is 3. The summed E-state index contributed by atoms with van der Waals surface area (Å²) in [5.74, 6) is -0.976. The number of carbonyl (C=O) groups excluding carboxylic acids is 1. The summed E-state index contributed by atoms with van der Waals surface area (Å²) in [6.07, 6.45) is 5.30. The third-order valence-corrected chi connectivity index (χ3v) is 3.08. The molecule has 106 valence electrons. The first-order valence-electron chi connectivity index (χ1n) is 6.87. The number of hydrogen-bond acceptors (Lipinski definition) is 4. The van der Waals surface area contributed by atoms with Crippen LogP contribution in [-0.4, -0.2) is 21.0 Å². The number of carboxylic acid groups (broad SMARTS) is 1. The molecule has 1 aromatic carbocycles. The molecular weight excluding hydrogens is 277 g/mol. The Bertz CT molecular complexity index is 543. The van der Waals surface area contributed by atoms with Crippen LogP contribution in [0.5, 0.6) is 0 Å². The maximum Gasteiger partial charge on any atom is 1.00 e. The molecule has 0 atom stereocenters. The average molecular weight is 295 g/mol. The van der Waals surface area contributed by atoms with E-state index in [9.17, 15) is 9.90 Å². The number of carboxylic acids is 1. The SMILES string of the molecule is O=C([O-])CCCCCn1cc(Cc2ccccc2)nn1.[Na+]. The van der Waals surface area contributed by atoms with Crippen molar-refractivity contribution < 1.29 is 39.5 Å². The molecule has 6 heteroatoms. The van der Waals surface area contributed by atoms with Crippen molar-refractivity contribution >= 4 is 5.97 Å². The van der Waals surface area contributed by atoms with Crippen LogP contribution < -0.4 is 34.7 Å². The van der Waals surface area contributed by atoms with Gasteiger partial charge in [0.1, 0.15) is 0 Å². The zero-order valence-corrected chi connectivity index (χ0v) is 14.4. The van der Waals surface area contributed by atoms with Gasteiger partial charge in [0.25, 0.3) is 0 Å². The molecule has 0 fully saturated rings. The molecule has 5 nitrogen and oxygen atoms in total. The Kier molecular flexibility index (Phi) is 8.27. The van der Waals surface area contributed by atoms with E-state index < -0.39 is 5.97 Å². The van der Waals surface area contributed by atoms with Crippen molar-refractivity contribution in [2.45, 2.75) is 38.6 Å². The monoisotopic (exact) mass is 295 g/mol. The van der Waals surface area contributed by atoms with Gasteiger partial charge in [-0.1, -0.05) is 42.0 Å². The number of aliphatic carboxylic acids is 1. The molecule has 0 aliphatic carbocycles. The molecule has 0 saturated carbocycles. The second-order valence-corrected chi connectivity index (χ2v) is 4.82. The maximum atomic E-state index is 10.3. The van der Waals surface area contributed by atoms with Gasteiger partial charge in [-0.2, -0.15) is 0 Å². The molecule has 0 saturated heterocycles. The third kappa shape index (κ3) is 6.89. The molecule has 1 aromatic heterocycles. The predicted octanol–water partition coefficient (Wildman–Crippen LogP) is -1.82. The van der Waals surface area contributed by atoms with Gasteiger partial charge in [-0.05, 0) is 24.8 Å². The first-order chi connectivity index (χ1) is 9.74. The first-order valence-corrected chi connectivity index (χ1v) is 6.87. The van der Waals surface area contributed by atoms with E-state index in [1.54, 1.807) is 0 Å². The van der Waals surface area contributed by atoms with Gasteiger partial charge in [0.15, 0.2) is 0 Å². The second-order valence-electron chi connectivity index (χ2n) is 4.82. The number of unbranched alkanes of at least 4 members (excludes halogenated alkanes) is 2. The fraction of sp³-hybridized carbons (Fsp3) is 0.400. The molecule has 0 radical (unpaired) electrons. The molecule has 1 heterocycles. The number of hydrogen-bond donors (Lipinski definition) is 0. The molecule has 0 spiro atoms. The Hall–Kier alpha value is -1.17. The number of benzene rings is 1. The Balaban J connectivity index is 0.00000220. The maximum absolute atomic E-state index is 10.3. The Morgan fingerprint density at radius 3 is 2.62 bits per heavy atom. The van der Waals surface area contributed by atoms with Gasteiger partial charge >= 0.3 is 29.6 Å². The molecule has 21 heavy (non-hydrogen) atoms. The summed E-state index contributed by atoms with van der Waals surface area (Å²) in [6, 6.07) is 10.2. The van der Waals surface area contributed by atoms with Gasteiger partial charge < -0.3 is 9.90 Å². The van der Waals surface area contributed by atoms with Crippen LogP contribution in [0.25, 0.3) is 0 Å². The van der Waals surface area contributed by atoms with Gasteiger partial charge in [-0.15, -0.1) is 5.10 Å². The Labute approximate surface area is 146 Å². The molecule has 0 aliphatic rings. The van der Waals surface area contributed by atoms with Gasteiger partial charge in [-0.25, -0.2) is 0 Å². The van der Waals surface area contributed by atoms with Crippen LogP contribution in [0.4, 0.5) is 0 Å². The normalized spacial score (nSPS) is 10.1. The van der Waals surface area contributed by atoms with E-state index in [0.29, 0.717) is 6.42 Å². The van der Waals surface area contributed by atoms with E-state index >= 15 is 0 Å². The summed E-state index contributed by atoms with van der Waals surface area (Å²) in [7, 11) is 0. The van der Waals surface area contributed by atoms with Crippen molar-refractivity contribution in [2.75, 3.05) is 0 Å². The van der Waals surface area contributed by atoms with E-state index in [4.69, 9.17) is 0 Å². The van der Waals surface area contributed by atoms with Crippen LogP contribution in [0.15, 0.2) is 36.5 Å². The summed E-state index contributed by atoms with van der Waals surface area (Å²) < 4.78 is 1.82. The van der Waals surface area contributed by atoms with E-state index in [0.717, 1.165) is 31.5 Å². The van der Waals surface area contributed by atoms with E-state index in [1.807, 2.05) is 29.1 Å². The smallest absolute Gasteiger partial charge is 0.550 e. The van der Waals surface area contributed by atoms with E-state index in [2.05, 4.69) is 22.4 Å². The van der Waals surface area contributed by atoms with Crippen LogP contribution in [0.2, 0.25) is 0 Å². The molecule has 0 amide bonds. The largest absolute Gasteiger partial charge is 1.00 e. The number of rotatable bonds is 8. The minimum Gasteiger partial charge on any atom is -0.550 e. The van der Waals surface area contributed by atoms with Crippen LogP contribution in [0.1, 0.15) is 36.9 Å². The van der Waals surface area contributed by atoms with Crippen molar-refractivity contribution in [1.82, 2.24) is 15.0 Å². The summed E-state index contributed by atoms with van der Waals surface area (Å²) in [5, 5.41) is 18.5. The zero-order valence-electron chi connectivity index (χ0n) is 12.4. The van der Waals surface area contributed by atoms with Gasteiger partial charge in [-0.3, -0.25) is 4.68 Å². The third-order valence-electron chi connectivity index (χ3n) is 3.08. The summed E-state index contributed by atoms with van der Waals surface area (Å²) in [5.41, 5.74) is 2.17. The quantitative estimate of drug-likeness (QED) is 0.425. The van der Waals surface area contributed by atoms with Gasteiger partial charge in [0.2, 0.25) is 0 Å². The first kappa shape index (κ1) is 17.9. The Morgan fingerprint density at radius 1 is 1.14 bits per heavy atom. The van der Waals surface area contributed by atoms with Gasteiger partial charge in [0, 0.05) is 25.1 Å². The van der Waals surface area contributed by atoms with Crippen molar-refractivity contribution in [1.29, 1.82) is 0 Å². The van der Waals surface area contributed by atoms with Crippen LogP contribution in [0, 0.1) is 0 Å². The number of aromatic nitrogens is 3. The standard InChI is InChI=1S/C15H19N3O2.Na/c19-15(20)9-5-2-6-10-18-12-14(16-17-18)11-13-7-3-1-4-8-13;/h1,3-4,7-8,12H,2,5-6,9-11H2,(H,19,20);/q;+1/p-1. The fourth-order valence-corrected chi connectivity index (χ4v) is 2.05. The minimum atomic E-state index is -0.976. The van der Waals surface area contributed by atoms with Crippen molar-refractivity contribution in [3.8, 4) is 0 Å². The van der Waals surface area contributed by atoms with Crippen molar-refractivity contribution in [2.24, 2.45) is 0 Å². The van der Waals surface area contributed by atoms with E-state index in [1.165, 1.54) is 5.56 Å². The molecule has 0 N–H and O–H groups in total. The molecule has 0 bridgehead atoms. The minimum absolute atomic E-state index is 0. The molecule has 2 aromatic rings. The molecule has 0 aliphatic heterocycles.